The number of anilines is 1. The van der Waals surface area contributed by atoms with E-state index in [4.69, 9.17) is 18.9 Å². The van der Waals surface area contributed by atoms with Crippen molar-refractivity contribution in [2.75, 3.05) is 64.7 Å². The van der Waals surface area contributed by atoms with Crippen molar-refractivity contribution in [1.29, 1.82) is 0 Å². The number of rotatable bonds is 14. The summed E-state index contributed by atoms with van der Waals surface area (Å²) >= 11 is 0. The number of morpholine rings is 1. The molecule has 1 saturated heterocycles. The summed E-state index contributed by atoms with van der Waals surface area (Å²) in [6, 6.07) is 18.8. The summed E-state index contributed by atoms with van der Waals surface area (Å²) in [5, 5.41) is 8.34. The second kappa shape index (κ2) is 14.0. The van der Waals surface area contributed by atoms with Crippen LogP contribution in [-0.2, 0) is 33.9 Å². The molecule has 0 saturated carbocycles. The number of fused-ring (bicyclic) bond motifs is 1. The highest BCUT2D eigenvalue weighted by Gasteiger charge is 2.12. The molecule has 206 valence electrons. The maximum Gasteiger partial charge on any atom is 0.119 e. The molecule has 2 aromatic carbocycles. The Morgan fingerprint density at radius 3 is 2.67 bits per heavy atom. The molecule has 0 spiro atoms. The summed E-state index contributed by atoms with van der Waals surface area (Å²) in [6.07, 6.45) is 3.70. The van der Waals surface area contributed by atoms with Crippen LogP contribution in [0.15, 0.2) is 67.0 Å². The van der Waals surface area contributed by atoms with Crippen molar-refractivity contribution in [2.24, 2.45) is 0 Å². The van der Waals surface area contributed by atoms with E-state index in [9.17, 15) is 0 Å². The minimum atomic E-state index is 0.438. The summed E-state index contributed by atoms with van der Waals surface area (Å²) < 4.78 is 22.5. The highest BCUT2D eigenvalue weighted by molar-refractivity contribution is 5.78. The topological polar surface area (TPSA) is 85.0 Å². The van der Waals surface area contributed by atoms with Crippen LogP contribution in [0.2, 0.25) is 0 Å². The fourth-order valence-corrected chi connectivity index (χ4v) is 4.69. The van der Waals surface area contributed by atoms with E-state index >= 15 is 0 Å². The predicted molar refractivity (Wildman–Crippen MR) is 151 cm³/mol. The summed E-state index contributed by atoms with van der Waals surface area (Å²) in [6.45, 7) is 8.22. The van der Waals surface area contributed by atoms with Crippen LogP contribution in [0, 0.1) is 0 Å². The highest BCUT2D eigenvalue weighted by Crippen LogP contribution is 2.24. The molecular formula is C30H37N5O4. The zero-order valence-corrected chi connectivity index (χ0v) is 22.6. The Bertz CT molecular complexity index is 1310. The van der Waals surface area contributed by atoms with E-state index in [1.54, 1.807) is 7.11 Å². The van der Waals surface area contributed by atoms with Gasteiger partial charge in [0.15, 0.2) is 0 Å². The van der Waals surface area contributed by atoms with E-state index in [1.807, 2.05) is 30.6 Å². The third kappa shape index (κ3) is 8.00. The molecule has 9 heteroatoms. The van der Waals surface area contributed by atoms with E-state index in [2.05, 4.69) is 61.4 Å². The van der Waals surface area contributed by atoms with E-state index in [-0.39, 0.29) is 0 Å². The first-order valence-electron chi connectivity index (χ1n) is 13.5. The largest absolute Gasteiger partial charge is 0.497 e. The first kappa shape index (κ1) is 27.1. The lowest BCUT2D eigenvalue weighted by molar-refractivity contribution is 0.00553. The van der Waals surface area contributed by atoms with Gasteiger partial charge < -0.3 is 23.8 Å². The molecule has 0 bridgehead atoms. The van der Waals surface area contributed by atoms with Crippen molar-refractivity contribution in [3.8, 4) is 5.75 Å². The Kier molecular flexibility index (Phi) is 9.75. The number of benzene rings is 2. The van der Waals surface area contributed by atoms with Crippen LogP contribution in [0.5, 0.6) is 5.75 Å². The normalized spacial score (nSPS) is 14.1. The number of ether oxygens (including phenoxy) is 4. The van der Waals surface area contributed by atoms with Gasteiger partial charge in [0.25, 0.3) is 0 Å². The number of nitrogens with one attached hydrogen (secondary N) is 1. The SMILES string of the molecule is COc1cccc(CN(Cc2ccc3cn[nH]c3c2)c2ccnc(COCCOCCN3CCOCC3)c2)c1. The van der Waals surface area contributed by atoms with Gasteiger partial charge in [-0.05, 0) is 41.5 Å². The summed E-state index contributed by atoms with van der Waals surface area (Å²) in [4.78, 5) is 9.25. The van der Waals surface area contributed by atoms with Crippen molar-refractivity contribution < 1.29 is 18.9 Å². The van der Waals surface area contributed by atoms with Crippen LogP contribution < -0.4 is 9.64 Å². The third-order valence-corrected chi connectivity index (χ3v) is 6.83. The Morgan fingerprint density at radius 1 is 0.949 bits per heavy atom. The van der Waals surface area contributed by atoms with Crippen LogP contribution in [0.4, 0.5) is 5.69 Å². The Morgan fingerprint density at radius 2 is 1.79 bits per heavy atom. The van der Waals surface area contributed by atoms with Crippen LogP contribution in [-0.4, -0.2) is 79.9 Å². The fraction of sp³-hybridized carbons (Fsp3) is 0.400. The van der Waals surface area contributed by atoms with Gasteiger partial charge in [0.2, 0.25) is 0 Å². The van der Waals surface area contributed by atoms with Gasteiger partial charge in [-0.1, -0.05) is 24.3 Å². The van der Waals surface area contributed by atoms with Crippen LogP contribution in [0.1, 0.15) is 16.8 Å². The second-order valence-corrected chi connectivity index (χ2v) is 9.62. The van der Waals surface area contributed by atoms with Crippen molar-refractivity contribution in [1.82, 2.24) is 20.1 Å². The molecule has 0 amide bonds. The maximum absolute atomic E-state index is 5.89. The zero-order valence-electron chi connectivity index (χ0n) is 22.6. The summed E-state index contributed by atoms with van der Waals surface area (Å²) in [7, 11) is 1.70. The quantitative estimate of drug-likeness (QED) is 0.244. The zero-order chi connectivity index (χ0) is 26.7. The van der Waals surface area contributed by atoms with Gasteiger partial charge in [-0.15, -0.1) is 0 Å². The number of pyridine rings is 1. The average Bonchev–Trinajstić information content (AvgIpc) is 3.45. The third-order valence-electron chi connectivity index (χ3n) is 6.83. The number of hydrogen-bond acceptors (Lipinski definition) is 8. The molecule has 4 aromatic rings. The van der Waals surface area contributed by atoms with Gasteiger partial charge in [-0.25, -0.2) is 0 Å². The predicted octanol–water partition coefficient (Wildman–Crippen LogP) is 4.04. The van der Waals surface area contributed by atoms with Gasteiger partial charge in [0, 0.05) is 50.0 Å². The van der Waals surface area contributed by atoms with Crippen LogP contribution in [0.3, 0.4) is 0 Å². The number of aromatic amines is 1. The van der Waals surface area contributed by atoms with Crippen molar-refractivity contribution in [3.05, 3.63) is 83.8 Å². The van der Waals surface area contributed by atoms with Gasteiger partial charge in [0.1, 0.15) is 5.75 Å². The molecule has 1 fully saturated rings. The molecule has 0 atom stereocenters. The highest BCUT2D eigenvalue weighted by atomic mass is 16.5. The molecule has 1 aliphatic rings. The lowest BCUT2D eigenvalue weighted by Gasteiger charge is -2.26. The Hall–Kier alpha value is -3.50. The molecule has 0 aliphatic carbocycles. The van der Waals surface area contributed by atoms with Crippen molar-refractivity contribution >= 4 is 16.6 Å². The first-order valence-corrected chi connectivity index (χ1v) is 13.5. The van der Waals surface area contributed by atoms with Crippen LogP contribution in [0.25, 0.3) is 10.9 Å². The maximum atomic E-state index is 5.89. The number of H-pyrrole nitrogens is 1. The minimum absolute atomic E-state index is 0.438. The molecule has 9 nitrogen and oxygen atoms in total. The lowest BCUT2D eigenvalue weighted by atomic mass is 10.1. The molecule has 39 heavy (non-hydrogen) atoms. The molecule has 5 rings (SSSR count). The van der Waals surface area contributed by atoms with E-state index in [0.29, 0.717) is 26.4 Å². The number of nitrogens with zero attached hydrogens (tertiary/aromatic N) is 4. The molecule has 0 unspecified atom stereocenters. The second-order valence-electron chi connectivity index (χ2n) is 9.62. The number of aromatic nitrogens is 3. The Labute approximate surface area is 229 Å². The van der Waals surface area contributed by atoms with E-state index in [0.717, 1.165) is 74.0 Å². The number of methoxy groups -OCH3 is 1. The molecule has 1 aliphatic heterocycles. The van der Waals surface area contributed by atoms with Crippen LogP contribution >= 0.6 is 0 Å². The standard InChI is InChI=1S/C30H37N5O4/c1-36-29-4-2-3-24(17-29)21-35(22-25-5-6-26-20-32-33-30(26)18-25)28-7-8-31-27(19-28)23-39-16-15-38-14-11-34-9-12-37-13-10-34/h2-8,17-20H,9-16,21-23H2,1H3,(H,32,33). The molecule has 2 aromatic heterocycles. The fourth-order valence-electron chi connectivity index (χ4n) is 4.69. The average molecular weight is 532 g/mol. The van der Waals surface area contributed by atoms with E-state index in [1.165, 1.54) is 11.1 Å². The summed E-state index contributed by atoms with van der Waals surface area (Å²) in [5.41, 5.74) is 5.36. The molecule has 1 N–H and O–H groups in total. The molecular weight excluding hydrogens is 494 g/mol. The van der Waals surface area contributed by atoms with Gasteiger partial charge in [-0.3, -0.25) is 15.0 Å². The minimum Gasteiger partial charge on any atom is -0.497 e. The van der Waals surface area contributed by atoms with Gasteiger partial charge in [-0.2, -0.15) is 5.10 Å². The summed E-state index contributed by atoms with van der Waals surface area (Å²) in [5.74, 6) is 0.849. The smallest absolute Gasteiger partial charge is 0.119 e. The van der Waals surface area contributed by atoms with Gasteiger partial charge >= 0.3 is 0 Å². The Balaban J connectivity index is 1.19. The monoisotopic (exact) mass is 531 g/mol. The van der Waals surface area contributed by atoms with Crippen molar-refractivity contribution in [3.63, 3.8) is 0 Å². The number of hydrogen-bond donors (Lipinski definition) is 1. The lowest BCUT2D eigenvalue weighted by Crippen LogP contribution is -2.38. The van der Waals surface area contributed by atoms with E-state index < -0.39 is 0 Å². The molecule has 0 radical (unpaired) electrons. The van der Waals surface area contributed by atoms with Gasteiger partial charge in [0.05, 0.1) is 64.2 Å². The molecule has 3 heterocycles. The first-order chi connectivity index (χ1) is 19.3. The van der Waals surface area contributed by atoms with Crippen molar-refractivity contribution in [2.45, 2.75) is 19.7 Å².